The van der Waals surface area contributed by atoms with Gasteiger partial charge in [0.25, 0.3) is 11.7 Å². The Morgan fingerprint density at radius 2 is 1.83 bits per heavy atom. The van der Waals surface area contributed by atoms with Gasteiger partial charge in [-0.3, -0.25) is 19.3 Å². The van der Waals surface area contributed by atoms with E-state index in [1.54, 1.807) is 12.1 Å². The van der Waals surface area contributed by atoms with Crippen molar-refractivity contribution in [3.8, 4) is 0 Å². The molecule has 1 heterocycles. The van der Waals surface area contributed by atoms with Crippen molar-refractivity contribution < 1.29 is 14.4 Å². The highest BCUT2D eigenvalue weighted by atomic mass is 35.5. The van der Waals surface area contributed by atoms with Crippen molar-refractivity contribution in [3.63, 3.8) is 0 Å². The van der Waals surface area contributed by atoms with E-state index in [2.05, 4.69) is 0 Å². The summed E-state index contributed by atoms with van der Waals surface area (Å²) < 4.78 is 0. The standard InChI is InChI=1S/C17H11Cl2NO3/c1-9-4-2-3-5-11(9)14(21)8-20-13-7-10(18)6-12(19)15(13)16(22)17(20)23/h2-7H,8H2,1H3. The number of ketones is 2. The van der Waals surface area contributed by atoms with E-state index >= 15 is 0 Å². The number of nitrogens with zero attached hydrogens (tertiary/aromatic N) is 1. The van der Waals surface area contributed by atoms with Crippen LogP contribution in [0.3, 0.4) is 0 Å². The lowest BCUT2D eigenvalue weighted by atomic mass is 10.0. The fourth-order valence-corrected chi connectivity index (χ4v) is 3.18. The summed E-state index contributed by atoms with van der Waals surface area (Å²) in [6, 6.07) is 9.94. The van der Waals surface area contributed by atoms with Gasteiger partial charge >= 0.3 is 0 Å². The normalized spacial score (nSPS) is 13.4. The SMILES string of the molecule is Cc1ccccc1C(=O)CN1C(=O)C(=O)c2c(Cl)cc(Cl)cc21. The van der Waals surface area contributed by atoms with Crippen LogP contribution in [0.15, 0.2) is 36.4 Å². The fraction of sp³-hybridized carbons (Fsp3) is 0.118. The van der Waals surface area contributed by atoms with Crippen molar-refractivity contribution in [2.24, 2.45) is 0 Å². The fourth-order valence-electron chi connectivity index (χ4n) is 2.61. The minimum absolute atomic E-state index is 0.0960. The quantitative estimate of drug-likeness (QED) is 0.628. The molecular formula is C17H11Cl2NO3. The zero-order chi connectivity index (χ0) is 16.7. The second-order valence-corrected chi connectivity index (χ2v) is 6.08. The van der Waals surface area contributed by atoms with Crippen LogP contribution in [0.4, 0.5) is 5.69 Å². The van der Waals surface area contributed by atoms with E-state index in [-0.39, 0.29) is 28.6 Å². The maximum absolute atomic E-state index is 12.5. The van der Waals surface area contributed by atoms with Gasteiger partial charge in [0.05, 0.1) is 22.8 Å². The highest BCUT2D eigenvalue weighted by Crippen LogP contribution is 2.37. The third-order valence-corrected chi connectivity index (χ3v) is 4.25. The lowest BCUT2D eigenvalue weighted by molar-refractivity contribution is -0.114. The highest BCUT2D eigenvalue weighted by Gasteiger charge is 2.39. The van der Waals surface area contributed by atoms with Crippen LogP contribution in [0.1, 0.15) is 26.3 Å². The zero-order valence-electron chi connectivity index (χ0n) is 12.1. The molecule has 2 aromatic rings. The monoisotopic (exact) mass is 347 g/mol. The van der Waals surface area contributed by atoms with E-state index in [0.29, 0.717) is 10.6 Å². The van der Waals surface area contributed by atoms with Crippen LogP contribution in [0.2, 0.25) is 10.0 Å². The Morgan fingerprint density at radius 3 is 2.52 bits per heavy atom. The largest absolute Gasteiger partial charge is 0.299 e. The summed E-state index contributed by atoms with van der Waals surface area (Å²) in [4.78, 5) is 37.9. The van der Waals surface area contributed by atoms with E-state index in [0.717, 1.165) is 10.5 Å². The number of hydrogen-bond donors (Lipinski definition) is 0. The van der Waals surface area contributed by atoms with Crippen LogP contribution < -0.4 is 4.90 Å². The Labute approximate surface area is 142 Å². The summed E-state index contributed by atoms with van der Waals surface area (Å²) in [5, 5.41) is 0.404. The molecule has 1 aliphatic rings. The Balaban J connectivity index is 1.99. The zero-order valence-corrected chi connectivity index (χ0v) is 13.6. The lowest BCUT2D eigenvalue weighted by Crippen LogP contribution is -2.34. The molecule has 2 aromatic carbocycles. The number of carbonyl (C=O) groups is 3. The average Bonchev–Trinajstić information content (AvgIpc) is 2.72. The van der Waals surface area contributed by atoms with Gasteiger partial charge < -0.3 is 0 Å². The second-order valence-electron chi connectivity index (χ2n) is 5.24. The summed E-state index contributed by atoms with van der Waals surface area (Å²) in [6.45, 7) is 1.57. The summed E-state index contributed by atoms with van der Waals surface area (Å²) in [7, 11) is 0. The molecule has 0 saturated heterocycles. The van der Waals surface area contributed by atoms with Gasteiger partial charge in [-0.15, -0.1) is 0 Å². The minimum Gasteiger partial charge on any atom is -0.297 e. The lowest BCUT2D eigenvalue weighted by Gasteiger charge is -2.16. The maximum Gasteiger partial charge on any atom is 0.299 e. The van der Waals surface area contributed by atoms with Crippen molar-refractivity contribution in [2.45, 2.75) is 6.92 Å². The van der Waals surface area contributed by atoms with Crippen molar-refractivity contribution in [1.29, 1.82) is 0 Å². The molecule has 0 unspecified atom stereocenters. The molecule has 1 aliphatic heterocycles. The first-order valence-electron chi connectivity index (χ1n) is 6.84. The molecule has 0 N–H and O–H groups in total. The van der Waals surface area contributed by atoms with Gasteiger partial charge in [-0.1, -0.05) is 47.5 Å². The first-order valence-corrected chi connectivity index (χ1v) is 7.60. The van der Waals surface area contributed by atoms with E-state index < -0.39 is 11.7 Å². The summed E-state index contributed by atoms with van der Waals surface area (Å²) in [5.74, 6) is -1.75. The summed E-state index contributed by atoms with van der Waals surface area (Å²) >= 11 is 12.0. The Bertz CT molecular complexity index is 861. The molecule has 0 atom stereocenters. The molecule has 4 nitrogen and oxygen atoms in total. The molecule has 1 amide bonds. The van der Waals surface area contributed by atoms with E-state index in [4.69, 9.17) is 23.2 Å². The smallest absolute Gasteiger partial charge is 0.297 e. The molecule has 0 aliphatic carbocycles. The van der Waals surface area contributed by atoms with Crippen molar-refractivity contribution in [3.05, 3.63) is 63.1 Å². The van der Waals surface area contributed by atoms with Crippen LogP contribution in [0.25, 0.3) is 0 Å². The van der Waals surface area contributed by atoms with Crippen LogP contribution in [0, 0.1) is 6.92 Å². The third-order valence-electron chi connectivity index (χ3n) is 3.74. The predicted molar refractivity (Wildman–Crippen MR) is 88.7 cm³/mol. The Hall–Kier alpha value is -2.17. The van der Waals surface area contributed by atoms with Gasteiger partial charge in [0.1, 0.15) is 0 Å². The average molecular weight is 348 g/mol. The molecular weight excluding hydrogens is 337 g/mol. The number of carbonyl (C=O) groups excluding carboxylic acids is 3. The number of halogens is 2. The van der Waals surface area contributed by atoms with Crippen molar-refractivity contribution in [2.75, 3.05) is 11.4 Å². The molecule has 116 valence electrons. The second kappa shape index (κ2) is 5.80. The van der Waals surface area contributed by atoms with Crippen molar-refractivity contribution >= 4 is 46.4 Å². The van der Waals surface area contributed by atoms with Crippen LogP contribution in [-0.2, 0) is 4.79 Å². The van der Waals surface area contributed by atoms with Gasteiger partial charge in [0.2, 0.25) is 0 Å². The van der Waals surface area contributed by atoms with Gasteiger partial charge in [-0.2, -0.15) is 0 Å². The molecule has 0 saturated carbocycles. The number of hydrogen-bond acceptors (Lipinski definition) is 3. The molecule has 23 heavy (non-hydrogen) atoms. The molecule has 0 fully saturated rings. The summed E-state index contributed by atoms with van der Waals surface area (Å²) in [5.41, 5.74) is 1.69. The van der Waals surface area contributed by atoms with Crippen LogP contribution in [0.5, 0.6) is 0 Å². The van der Waals surface area contributed by atoms with Gasteiger partial charge in [-0.05, 0) is 24.6 Å². The van der Waals surface area contributed by atoms with E-state index in [1.165, 1.54) is 12.1 Å². The predicted octanol–water partition coefficient (Wildman–Crippen LogP) is 3.71. The van der Waals surface area contributed by atoms with Crippen LogP contribution >= 0.6 is 23.2 Å². The van der Waals surface area contributed by atoms with Crippen molar-refractivity contribution in [1.82, 2.24) is 0 Å². The Kier molecular flexibility index (Phi) is 3.96. The molecule has 0 radical (unpaired) electrons. The molecule has 3 rings (SSSR count). The number of anilines is 1. The number of Topliss-reactive ketones (excluding diaryl/α,β-unsaturated/α-hetero) is 2. The highest BCUT2D eigenvalue weighted by molar-refractivity contribution is 6.56. The number of benzene rings is 2. The first kappa shape index (κ1) is 15.7. The Morgan fingerprint density at radius 1 is 1.13 bits per heavy atom. The minimum atomic E-state index is -0.772. The number of rotatable bonds is 3. The number of amides is 1. The van der Waals surface area contributed by atoms with Gasteiger partial charge in [0, 0.05) is 10.6 Å². The molecule has 0 spiro atoms. The first-order chi connectivity index (χ1) is 10.9. The van der Waals surface area contributed by atoms with E-state index in [1.807, 2.05) is 19.1 Å². The maximum atomic E-state index is 12.5. The van der Waals surface area contributed by atoms with Crippen LogP contribution in [-0.4, -0.2) is 24.0 Å². The van der Waals surface area contributed by atoms with E-state index in [9.17, 15) is 14.4 Å². The van der Waals surface area contributed by atoms with Gasteiger partial charge in [0.15, 0.2) is 5.78 Å². The molecule has 0 aromatic heterocycles. The molecule has 6 heteroatoms. The summed E-state index contributed by atoms with van der Waals surface area (Å²) in [6.07, 6.45) is 0. The topological polar surface area (TPSA) is 54.5 Å². The van der Waals surface area contributed by atoms with Gasteiger partial charge in [-0.25, -0.2) is 0 Å². The number of fused-ring (bicyclic) bond motifs is 1. The molecule has 0 bridgehead atoms. The third kappa shape index (κ3) is 2.64. The number of aryl methyl sites for hydroxylation is 1.